The fourth-order valence-electron chi connectivity index (χ4n) is 1.70. The molecule has 0 aromatic carbocycles. The lowest BCUT2D eigenvalue weighted by Crippen LogP contribution is -2.06. The zero-order chi connectivity index (χ0) is 11.4. The van der Waals surface area contributed by atoms with Crippen molar-refractivity contribution in [3.63, 3.8) is 0 Å². The Morgan fingerprint density at radius 3 is 1.36 bits per heavy atom. The third kappa shape index (κ3) is 8.59. The van der Waals surface area contributed by atoms with Gasteiger partial charge in [0.1, 0.15) is 0 Å². The molecule has 1 fully saturated rings. The molecule has 0 nitrogen and oxygen atoms in total. The molecule has 0 heteroatoms. The maximum absolute atomic E-state index is 2.32. The molecule has 0 unspecified atom stereocenters. The molecule has 0 aromatic heterocycles. The van der Waals surface area contributed by atoms with Gasteiger partial charge >= 0.3 is 0 Å². The van der Waals surface area contributed by atoms with Crippen molar-refractivity contribution in [2.45, 2.75) is 74.1 Å². The lowest BCUT2D eigenvalue weighted by Gasteiger charge is -2.15. The van der Waals surface area contributed by atoms with Crippen LogP contribution in [0.15, 0.2) is 0 Å². The highest BCUT2D eigenvalue weighted by atomic mass is 14.4. The summed E-state index contributed by atoms with van der Waals surface area (Å²) in [4.78, 5) is 0. The molecule has 14 heavy (non-hydrogen) atoms. The van der Waals surface area contributed by atoms with Crippen molar-refractivity contribution in [1.82, 2.24) is 0 Å². The van der Waals surface area contributed by atoms with E-state index in [9.17, 15) is 0 Å². The van der Waals surface area contributed by atoms with Gasteiger partial charge in [0.2, 0.25) is 0 Å². The molecule has 0 amide bonds. The van der Waals surface area contributed by atoms with Crippen molar-refractivity contribution < 1.29 is 0 Å². The zero-order valence-corrected chi connectivity index (χ0v) is 11.4. The Kier molecular flexibility index (Phi) is 5.19. The first-order valence-corrected chi connectivity index (χ1v) is 6.17. The van der Waals surface area contributed by atoms with Gasteiger partial charge in [-0.1, -0.05) is 54.9 Å². The van der Waals surface area contributed by atoms with Crippen molar-refractivity contribution in [3.8, 4) is 0 Å². The molecule has 0 aliphatic heterocycles. The summed E-state index contributed by atoms with van der Waals surface area (Å²) in [5.74, 6) is 1.05. The average Bonchev–Trinajstić information content (AvgIpc) is 2.61. The Morgan fingerprint density at radius 1 is 0.929 bits per heavy atom. The summed E-state index contributed by atoms with van der Waals surface area (Å²) in [5, 5.41) is 0. The van der Waals surface area contributed by atoms with E-state index in [1.54, 1.807) is 0 Å². The lowest BCUT2D eigenvalue weighted by atomic mass is 9.91. The quantitative estimate of drug-likeness (QED) is 0.538. The summed E-state index contributed by atoms with van der Waals surface area (Å²) >= 11 is 0. The Labute approximate surface area is 91.5 Å². The second-order valence-corrected chi connectivity index (χ2v) is 6.95. The fourth-order valence-corrected chi connectivity index (χ4v) is 1.70. The largest absolute Gasteiger partial charge is 0.0654 e. The molecular weight excluding hydrogens is 168 g/mol. The van der Waals surface area contributed by atoms with Gasteiger partial charge in [-0.15, -0.1) is 0 Å². The third-order valence-electron chi connectivity index (χ3n) is 2.80. The van der Waals surface area contributed by atoms with Crippen LogP contribution in [0, 0.1) is 16.7 Å². The first kappa shape index (κ1) is 14.0. The molecule has 1 rings (SSSR count). The third-order valence-corrected chi connectivity index (χ3v) is 2.80. The van der Waals surface area contributed by atoms with Crippen molar-refractivity contribution in [2.24, 2.45) is 16.7 Å². The molecule has 0 N–H and O–H groups in total. The van der Waals surface area contributed by atoms with Crippen molar-refractivity contribution in [3.05, 3.63) is 0 Å². The van der Waals surface area contributed by atoms with Gasteiger partial charge in [-0.25, -0.2) is 0 Å². The molecule has 0 spiro atoms. The summed E-state index contributed by atoms with van der Waals surface area (Å²) in [6.45, 7) is 16.0. The van der Waals surface area contributed by atoms with Crippen LogP contribution in [0.3, 0.4) is 0 Å². The Bertz CT molecular complexity index is 138. The van der Waals surface area contributed by atoms with E-state index in [0.717, 1.165) is 5.92 Å². The standard InChI is InChI=1S/C7H14.C7H16/c1-7(2,3)6-4-5-6;1-5-6-7(2,3)4/h6H,4-5H2,1-3H3;5-6H2,1-4H3. The van der Waals surface area contributed by atoms with Gasteiger partial charge in [-0.3, -0.25) is 0 Å². The van der Waals surface area contributed by atoms with Gasteiger partial charge in [0.05, 0.1) is 0 Å². The molecule has 86 valence electrons. The second kappa shape index (κ2) is 5.19. The molecular formula is C14H30. The van der Waals surface area contributed by atoms with E-state index >= 15 is 0 Å². The summed E-state index contributed by atoms with van der Waals surface area (Å²) in [6, 6.07) is 0. The van der Waals surface area contributed by atoms with Gasteiger partial charge in [-0.05, 0) is 36.0 Å². The summed E-state index contributed by atoms with van der Waals surface area (Å²) in [5.41, 5.74) is 1.16. The molecule has 0 atom stereocenters. The molecule has 1 aliphatic carbocycles. The molecule has 1 saturated carbocycles. The normalized spacial score (nSPS) is 17.4. The van der Waals surface area contributed by atoms with Crippen molar-refractivity contribution in [1.29, 1.82) is 0 Å². The SMILES string of the molecule is CC(C)(C)C1CC1.CCCC(C)(C)C. The van der Waals surface area contributed by atoms with E-state index in [4.69, 9.17) is 0 Å². The van der Waals surface area contributed by atoms with E-state index in [1.807, 2.05) is 0 Å². The highest BCUT2D eigenvalue weighted by Crippen LogP contribution is 2.44. The van der Waals surface area contributed by atoms with Crippen LogP contribution in [0.2, 0.25) is 0 Å². The summed E-state index contributed by atoms with van der Waals surface area (Å²) in [7, 11) is 0. The number of hydrogen-bond acceptors (Lipinski definition) is 0. The number of rotatable bonds is 1. The highest BCUT2D eigenvalue weighted by molar-refractivity contribution is 4.84. The molecule has 0 aromatic rings. The average molecular weight is 198 g/mol. The second-order valence-electron chi connectivity index (χ2n) is 6.95. The minimum atomic E-state index is 0.550. The fraction of sp³-hybridized carbons (Fsp3) is 1.00. The predicted molar refractivity (Wildman–Crippen MR) is 66.5 cm³/mol. The molecule has 0 bridgehead atoms. The van der Waals surface area contributed by atoms with E-state index in [0.29, 0.717) is 10.8 Å². The zero-order valence-electron chi connectivity index (χ0n) is 11.4. The first-order chi connectivity index (χ1) is 6.17. The Balaban J connectivity index is 0.000000241. The van der Waals surface area contributed by atoms with Gasteiger partial charge in [0.25, 0.3) is 0 Å². The first-order valence-electron chi connectivity index (χ1n) is 6.17. The minimum absolute atomic E-state index is 0.550. The van der Waals surface area contributed by atoms with E-state index in [2.05, 4.69) is 48.5 Å². The van der Waals surface area contributed by atoms with E-state index in [-0.39, 0.29) is 0 Å². The smallest absolute Gasteiger partial charge is 0.0354 e. The van der Waals surface area contributed by atoms with Crippen LogP contribution in [0.25, 0.3) is 0 Å². The van der Waals surface area contributed by atoms with Gasteiger partial charge < -0.3 is 0 Å². The summed E-state index contributed by atoms with van der Waals surface area (Å²) < 4.78 is 0. The molecule has 0 radical (unpaired) electrons. The lowest BCUT2D eigenvalue weighted by molar-refractivity contribution is 0.351. The highest BCUT2D eigenvalue weighted by Gasteiger charge is 2.33. The van der Waals surface area contributed by atoms with Crippen LogP contribution in [0.5, 0.6) is 0 Å². The van der Waals surface area contributed by atoms with Crippen LogP contribution < -0.4 is 0 Å². The van der Waals surface area contributed by atoms with Gasteiger partial charge in [0, 0.05) is 0 Å². The van der Waals surface area contributed by atoms with Crippen LogP contribution in [0.4, 0.5) is 0 Å². The molecule has 1 aliphatic rings. The Morgan fingerprint density at radius 2 is 1.36 bits per heavy atom. The maximum atomic E-state index is 2.32. The van der Waals surface area contributed by atoms with Crippen molar-refractivity contribution >= 4 is 0 Å². The van der Waals surface area contributed by atoms with Gasteiger partial charge in [0.15, 0.2) is 0 Å². The summed E-state index contributed by atoms with van der Waals surface area (Å²) in [6.07, 6.45) is 5.60. The van der Waals surface area contributed by atoms with Crippen LogP contribution >= 0.6 is 0 Å². The Hall–Kier alpha value is 0. The predicted octanol–water partition coefficient (Wildman–Crippen LogP) is 5.28. The van der Waals surface area contributed by atoms with Crippen LogP contribution in [-0.4, -0.2) is 0 Å². The van der Waals surface area contributed by atoms with Crippen LogP contribution in [0.1, 0.15) is 74.1 Å². The maximum Gasteiger partial charge on any atom is -0.0354 e. The van der Waals surface area contributed by atoms with E-state index in [1.165, 1.54) is 25.7 Å². The topological polar surface area (TPSA) is 0 Å². The number of hydrogen-bond donors (Lipinski definition) is 0. The molecule has 0 heterocycles. The van der Waals surface area contributed by atoms with Gasteiger partial charge in [-0.2, -0.15) is 0 Å². The van der Waals surface area contributed by atoms with Crippen molar-refractivity contribution in [2.75, 3.05) is 0 Å². The minimum Gasteiger partial charge on any atom is -0.0654 e. The van der Waals surface area contributed by atoms with E-state index < -0.39 is 0 Å². The molecule has 0 saturated heterocycles. The van der Waals surface area contributed by atoms with Crippen LogP contribution in [-0.2, 0) is 0 Å². The monoisotopic (exact) mass is 198 g/mol.